The molecule has 0 saturated carbocycles. The van der Waals surface area contributed by atoms with Crippen LogP contribution in [0.2, 0.25) is 0 Å². The topological polar surface area (TPSA) is 33.5 Å². The van der Waals surface area contributed by atoms with Gasteiger partial charge in [0.1, 0.15) is 17.3 Å². The van der Waals surface area contributed by atoms with Crippen LogP contribution in [0.4, 0.5) is 11.4 Å². The Morgan fingerprint density at radius 1 is 0.507 bits per heavy atom. The largest absolute Gasteiger partial charge is 0.457 e. The zero-order valence-electron chi connectivity index (χ0n) is 43.5. The first-order chi connectivity index (χ1) is 34.0. The van der Waals surface area contributed by atoms with Crippen LogP contribution in [0.15, 0.2) is 188 Å². The molecule has 0 bridgehead atoms. The molecule has 7 aromatic carbocycles. The molecule has 71 heavy (non-hydrogen) atoms. The fraction of sp³-hybridized carbons (Fsp3) is 0.258. The van der Waals surface area contributed by atoms with Crippen LogP contribution in [-0.4, -0.2) is 16.2 Å². The van der Waals surface area contributed by atoms with Crippen molar-refractivity contribution in [1.82, 2.24) is 9.55 Å². The Morgan fingerprint density at radius 2 is 1.11 bits per heavy atom. The van der Waals surface area contributed by atoms with Crippen LogP contribution in [0.1, 0.15) is 133 Å². The number of pyridine rings is 1. The number of para-hydroxylation sites is 1. The highest BCUT2D eigenvalue weighted by Gasteiger charge is 2.32. The summed E-state index contributed by atoms with van der Waals surface area (Å²) in [6, 6.07) is 63.8. The average molecular weight is 933 g/mol. The number of anilines is 2. The fourth-order valence-electron chi connectivity index (χ4n) is 10.7. The van der Waals surface area contributed by atoms with Crippen molar-refractivity contribution < 1.29 is 4.74 Å². The first-order valence-electron chi connectivity index (χ1n) is 25.4. The quantitative estimate of drug-likeness (QED) is 0.122. The summed E-state index contributed by atoms with van der Waals surface area (Å²) in [5, 5.41) is 2.37. The molecule has 0 aliphatic carbocycles. The van der Waals surface area contributed by atoms with Gasteiger partial charge in [-0.15, -0.1) is 0 Å². The highest BCUT2D eigenvalue weighted by molar-refractivity contribution is 6.12. The summed E-state index contributed by atoms with van der Waals surface area (Å²) in [4.78, 5) is 10.0. The van der Waals surface area contributed by atoms with E-state index >= 15 is 0 Å². The van der Waals surface area contributed by atoms with E-state index in [-0.39, 0.29) is 16.2 Å². The maximum atomic E-state index is 7.16. The molecule has 3 heterocycles. The van der Waals surface area contributed by atoms with E-state index in [2.05, 4.69) is 273 Å². The van der Waals surface area contributed by atoms with Crippen LogP contribution in [0.3, 0.4) is 0 Å². The zero-order chi connectivity index (χ0) is 49.8. The Bertz CT molecular complexity index is 3400. The van der Waals surface area contributed by atoms with E-state index in [1.54, 1.807) is 0 Å². The summed E-state index contributed by atoms with van der Waals surface area (Å²) in [5.41, 5.74) is 15.2. The number of nitrogens with zero attached hydrogens (tertiary/aromatic N) is 4. The lowest BCUT2D eigenvalue weighted by molar-refractivity contribution is 0.481. The van der Waals surface area contributed by atoms with Gasteiger partial charge >= 0.3 is 0 Å². The van der Waals surface area contributed by atoms with Crippen LogP contribution in [-0.2, 0) is 16.2 Å². The molecule has 1 aliphatic heterocycles. The Labute approximate surface area is 422 Å². The third-order valence-electron chi connectivity index (χ3n) is 15.0. The lowest BCUT2D eigenvalue weighted by Crippen LogP contribution is -2.27. The second-order valence-electron chi connectivity index (χ2n) is 22.2. The summed E-state index contributed by atoms with van der Waals surface area (Å²) < 4.78 is 9.50. The number of aromatic nitrogens is 2. The van der Waals surface area contributed by atoms with Gasteiger partial charge in [0.2, 0.25) is 0 Å². The summed E-state index contributed by atoms with van der Waals surface area (Å²) in [5.74, 6) is 3.11. The van der Waals surface area contributed by atoms with Gasteiger partial charge in [-0.25, -0.2) is 4.98 Å². The lowest BCUT2D eigenvalue weighted by Gasteiger charge is -2.29. The van der Waals surface area contributed by atoms with Crippen LogP contribution in [0.5, 0.6) is 11.5 Å². The number of benzene rings is 7. The summed E-state index contributed by atoms with van der Waals surface area (Å²) in [6.07, 6.45) is 4.32. The molecule has 0 N–H and O–H groups in total. The molecule has 9 aromatic rings. The molecule has 1 aliphatic rings. The molecule has 0 atom stereocenters. The van der Waals surface area contributed by atoms with Crippen LogP contribution in [0.25, 0.3) is 33.3 Å². The highest BCUT2D eigenvalue weighted by atomic mass is 16.5. The zero-order valence-corrected chi connectivity index (χ0v) is 43.5. The predicted octanol–water partition coefficient (Wildman–Crippen LogP) is 17.4. The van der Waals surface area contributed by atoms with Gasteiger partial charge in [-0.1, -0.05) is 191 Å². The Kier molecular flexibility index (Phi) is 12.3. The van der Waals surface area contributed by atoms with Crippen molar-refractivity contribution in [2.75, 3.05) is 16.5 Å². The minimum atomic E-state index is -0.383. The maximum Gasteiger partial charge on any atom is 0.137 e. The van der Waals surface area contributed by atoms with Gasteiger partial charge in [-0.2, -0.15) is 0 Å². The van der Waals surface area contributed by atoms with Gasteiger partial charge in [0.05, 0.1) is 23.4 Å². The monoisotopic (exact) mass is 933 g/mol. The summed E-state index contributed by atoms with van der Waals surface area (Å²) in [7, 11) is 0. The standard InChI is InChI=1S/C66H68N4O/c1-44(2)54-32-22-33-55(45(3)4)62(54)60-42-68(43-69(60)51-29-20-27-48(37-51)64(5,6)7)50-28-21-30-52(39-50)71-53-40-57(66(10,11)47-25-16-13-17-26-47)63-56-31-18-19-34-58(56)70(59(63)41-53)61-38-49(35-36-67-61)65(8,9)46-23-14-12-15-24-46/h12-42,44-45H,43H2,1-11H3. The SMILES string of the molecule is CC(C)c1cccc(C(C)C)c1C1=CN(c2cccc(Oc3cc(C(C)(C)c4ccccc4)c4c5ccccc5n(-c5cc(C(C)(C)c6ccccc6)ccn5)c4c3)c2)CN1c1cccc(C(C)(C)C)c1. The molecule has 10 rings (SSSR count). The number of ether oxygens (including phenoxy) is 1. The van der Waals surface area contributed by atoms with E-state index in [0.717, 1.165) is 34.0 Å². The highest BCUT2D eigenvalue weighted by Crippen LogP contribution is 2.46. The van der Waals surface area contributed by atoms with Crippen molar-refractivity contribution in [3.8, 4) is 17.3 Å². The van der Waals surface area contributed by atoms with Crippen molar-refractivity contribution in [3.05, 3.63) is 233 Å². The van der Waals surface area contributed by atoms with Crippen LogP contribution < -0.4 is 14.5 Å². The van der Waals surface area contributed by atoms with Crippen molar-refractivity contribution >= 4 is 38.9 Å². The predicted molar refractivity (Wildman–Crippen MR) is 300 cm³/mol. The molecule has 0 unspecified atom stereocenters. The van der Waals surface area contributed by atoms with Gasteiger partial charge < -0.3 is 14.5 Å². The minimum absolute atomic E-state index is 0.0112. The second-order valence-corrected chi connectivity index (χ2v) is 22.2. The van der Waals surface area contributed by atoms with Crippen molar-refractivity contribution in [2.45, 2.75) is 104 Å². The van der Waals surface area contributed by atoms with Gasteiger partial charge in [0.15, 0.2) is 0 Å². The maximum absolute atomic E-state index is 7.16. The molecule has 2 aromatic heterocycles. The molecule has 0 radical (unpaired) electrons. The molecule has 0 spiro atoms. The second kappa shape index (κ2) is 18.4. The van der Waals surface area contributed by atoms with E-state index in [1.807, 2.05) is 6.20 Å². The number of hydrogen-bond donors (Lipinski definition) is 0. The molecule has 358 valence electrons. The summed E-state index contributed by atoms with van der Waals surface area (Å²) >= 11 is 0. The Morgan fingerprint density at radius 3 is 1.79 bits per heavy atom. The number of rotatable bonds is 12. The van der Waals surface area contributed by atoms with Gasteiger partial charge in [0, 0.05) is 63.1 Å². The Hall–Kier alpha value is -7.37. The molecular weight excluding hydrogens is 865 g/mol. The summed E-state index contributed by atoms with van der Waals surface area (Å²) in [6.45, 7) is 26.0. The van der Waals surface area contributed by atoms with Crippen molar-refractivity contribution in [2.24, 2.45) is 0 Å². The van der Waals surface area contributed by atoms with Crippen LogP contribution in [0, 0.1) is 0 Å². The van der Waals surface area contributed by atoms with E-state index in [0.29, 0.717) is 18.5 Å². The molecule has 5 nitrogen and oxygen atoms in total. The molecule has 0 saturated heterocycles. The van der Waals surface area contributed by atoms with Gasteiger partial charge in [-0.3, -0.25) is 4.57 Å². The third-order valence-corrected chi connectivity index (χ3v) is 15.0. The average Bonchev–Trinajstić information content (AvgIpc) is 3.96. The normalized spacial score (nSPS) is 13.5. The first kappa shape index (κ1) is 47.3. The fourth-order valence-corrected chi connectivity index (χ4v) is 10.7. The van der Waals surface area contributed by atoms with E-state index in [4.69, 9.17) is 9.72 Å². The Balaban J connectivity index is 1.12. The first-order valence-corrected chi connectivity index (χ1v) is 25.4. The van der Waals surface area contributed by atoms with Crippen molar-refractivity contribution in [3.63, 3.8) is 0 Å². The molecule has 5 heteroatoms. The molecule has 0 amide bonds. The molecular formula is C66H68N4O. The number of fused-ring (bicyclic) bond motifs is 3. The lowest BCUT2D eigenvalue weighted by atomic mass is 9.76. The van der Waals surface area contributed by atoms with Gasteiger partial charge in [0.25, 0.3) is 0 Å². The van der Waals surface area contributed by atoms with Crippen molar-refractivity contribution in [1.29, 1.82) is 0 Å². The number of hydrogen-bond acceptors (Lipinski definition) is 4. The minimum Gasteiger partial charge on any atom is -0.457 e. The van der Waals surface area contributed by atoms with E-state index in [9.17, 15) is 0 Å². The van der Waals surface area contributed by atoms with Gasteiger partial charge in [-0.05, 0) is 105 Å². The van der Waals surface area contributed by atoms with E-state index in [1.165, 1.54) is 66.7 Å². The van der Waals surface area contributed by atoms with Crippen LogP contribution >= 0.6 is 0 Å². The van der Waals surface area contributed by atoms with E-state index < -0.39 is 0 Å². The molecule has 0 fully saturated rings. The third kappa shape index (κ3) is 8.81. The smallest absolute Gasteiger partial charge is 0.137 e.